The fourth-order valence-electron chi connectivity index (χ4n) is 1.87. The van der Waals surface area contributed by atoms with Crippen LogP contribution in [-0.4, -0.2) is 0 Å². The zero-order valence-corrected chi connectivity index (χ0v) is 10.6. The van der Waals surface area contributed by atoms with Gasteiger partial charge in [-0.2, -0.15) is 0 Å². The molecule has 2 aromatic carbocycles. The lowest BCUT2D eigenvalue weighted by atomic mass is 10.1. The summed E-state index contributed by atoms with van der Waals surface area (Å²) in [6.45, 7) is 0. The molecule has 0 radical (unpaired) electrons. The van der Waals surface area contributed by atoms with Crippen LogP contribution in [0.5, 0.6) is 0 Å². The van der Waals surface area contributed by atoms with E-state index >= 15 is 0 Å². The second kappa shape index (κ2) is 3.94. The van der Waals surface area contributed by atoms with E-state index in [1.807, 2.05) is 30.5 Å². The molecule has 1 aromatic heterocycles. The van der Waals surface area contributed by atoms with E-state index in [9.17, 15) is 0 Å². The monoisotopic (exact) mass is 320 g/mol. The van der Waals surface area contributed by atoms with Crippen LogP contribution < -0.4 is 0 Å². The Bertz CT molecular complexity index is 640. The molecule has 0 amide bonds. The van der Waals surface area contributed by atoms with Crippen LogP contribution in [0.4, 0.5) is 0 Å². The molecule has 2 heteroatoms. The molecule has 1 nitrogen and oxygen atoms in total. The molecule has 0 aliphatic carbocycles. The van der Waals surface area contributed by atoms with Crippen molar-refractivity contribution in [3.63, 3.8) is 0 Å². The summed E-state index contributed by atoms with van der Waals surface area (Å²) in [6.07, 6.45) is 1.84. The van der Waals surface area contributed by atoms with Gasteiger partial charge >= 0.3 is 0 Å². The number of para-hydroxylation sites is 1. The topological polar surface area (TPSA) is 13.1 Å². The predicted molar refractivity (Wildman–Crippen MR) is 74.4 cm³/mol. The Morgan fingerprint density at radius 3 is 2.44 bits per heavy atom. The fourth-order valence-corrected chi connectivity index (χ4v) is 2.54. The van der Waals surface area contributed by atoms with Gasteiger partial charge in [-0.3, -0.25) is 0 Å². The van der Waals surface area contributed by atoms with Gasteiger partial charge in [0.15, 0.2) is 0 Å². The minimum atomic E-state index is 0.942. The molecule has 3 aromatic rings. The van der Waals surface area contributed by atoms with Crippen molar-refractivity contribution in [3.05, 3.63) is 58.4 Å². The highest BCUT2D eigenvalue weighted by atomic mass is 127. The average molecular weight is 320 g/mol. The summed E-state index contributed by atoms with van der Waals surface area (Å²) in [5.41, 5.74) is 3.34. The van der Waals surface area contributed by atoms with E-state index in [-0.39, 0.29) is 0 Å². The van der Waals surface area contributed by atoms with Crippen LogP contribution in [0.1, 0.15) is 0 Å². The van der Waals surface area contributed by atoms with Crippen molar-refractivity contribution < 1.29 is 4.42 Å². The van der Waals surface area contributed by atoms with Gasteiger partial charge in [0.25, 0.3) is 0 Å². The Morgan fingerprint density at radius 1 is 0.812 bits per heavy atom. The smallest absolute Gasteiger partial charge is 0.134 e. The maximum atomic E-state index is 5.56. The van der Waals surface area contributed by atoms with E-state index in [4.69, 9.17) is 4.42 Å². The molecule has 0 spiro atoms. The first-order valence-corrected chi connectivity index (χ1v) is 6.15. The minimum Gasteiger partial charge on any atom is -0.464 e. The summed E-state index contributed by atoms with van der Waals surface area (Å²) in [5, 5.41) is 1.17. The highest BCUT2D eigenvalue weighted by Crippen LogP contribution is 2.32. The molecule has 3 rings (SSSR count). The summed E-state index contributed by atoms with van der Waals surface area (Å²) in [6, 6.07) is 16.5. The normalized spacial score (nSPS) is 10.8. The summed E-state index contributed by atoms with van der Waals surface area (Å²) in [7, 11) is 0. The highest BCUT2D eigenvalue weighted by molar-refractivity contribution is 14.1. The first kappa shape index (κ1) is 9.90. The van der Waals surface area contributed by atoms with Crippen molar-refractivity contribution in [3.8, 4) is 11.1 Å². The minimum absolute atomic E-state index is 0.942. The van der Waals surface area contributed by atoms with Crippen LogP contribution in [0.2, 0.25) is 0 Å². The molecular weight excluding hydrogens is 311 g/mol. The number of fused-ring (bicyclic) bond motifs is 1. The number of hydrogen-bond donors (Lipinski definition) is 0. The third-order valence-corrected chi connectivity index (χ3v) is 3.59. The number of hydrogen-bond acceptors (Lipinski definition) is 1. The third kappa shape index (κ3) is 1.53. The highest BCUT2D eigenvalue weighted by Gasteiger charge is 2.09. The maximum Gasteiger partial charge on any atom is 0.134 e. The van der Waals surface area contributed by atoms with Crippen LogP contribution in [-0.2, 0) is 0 Å². The zero-order chi connectivity index (χ0) is 11.0. The first-order valence-electron chi connectivity index (χ1n) is 5.07. The van der Waals surface area contributed by atoms with Gasteiger partial charge in [0.05, 0.1) is 6.26 Å². The van der Waals surface area contributed by atoms with Gasteiger partial charge in [0.2, 0.25) is 0 Å². The number of halogens is 1. The Kier molecular flexibility index (Phi) is 2.44. The average Bonchev–Trinajstić information content (AvgIpc) is 2.74. The van der Waals surface area contributed by atoms with Gasteiger partial charge in [-0.25, -0.2) is 0 Å². The number of furan rings is 1. The van der Waals surface area contributed by atoms with Gasteiger partial charge < -0.3 is 4.42 Å². The molecule has 0 N–H and O–H groups in total. The lowest BCUT2D eigenvalue weighted by molar-refractivity contribution is 0.617. The lowest BCUT2D eigenvalue weighted by Crippen LogP contribution is -1.79. The van der Waals surface area contributed by atoms with Crippen molar-refractivity contribution in [1.29, 1.82) is 0 Å². The molecular formula is C14H9IO. The second-order valence-electron chi connectivity index (χ2n) is 3.63. The Hall–Kier alpha value is -1.29. The number of rotatable bonds is 1. The van der Waals surface area contributed by atoms with E-state index in [1.54, 1.807) is 0 Å². The summed E-state index contributed by atoms with van der Waals surface area (Å²) in [4.78, 5) is 0. The van der Waals surface area contributed by atoms with E-state index in [0.717, 1.165) is 5.58 Å². The van der Waals surface area contributed by atoms with E-state index < -0.39 is 0 Å². The molecule has 0 atom stereocenters. The first-order chi connectivity index (χ1) is 7.86. The van der Waals surface area contributed by atoms with E-state index in [2.05, 4.69) is 46.9 Å². The molecule has 0 saturated carbocycles. The van der Waals surface area contributed by atoms with Crippen LogP contribution in [0.25, 0.3) is 22.1 Å². The van der Waals surface area contributed by atoms with Gasteiger partial charge in [-0.1, -0.05) is 36.4 Å². The molecule has 0 aliphatic rings. The third-order valence-electron chi connectivity index (χ3n) is 2.65. The lowest BCUT2D eigenvalue weighted by Gasteiger charge is -2.01. The van der Waals surface area contributed by atoms with Crippen LogP contribution >= 0.6 is 22.6 Å². The van der Waals surface area contributed by atoms with Crippen LogP contribution in [0.3, 0.4) is 0 Å². The second-order valence-corrected chi connectivity index (χ2v) is 4.79. The molecule has 0 saturated heterocycles. The quantitative estimate of drug-likeness (QED) is 0.592. The van der Waals surface area contributed by atoms with Crippen molar-refractivity contribution in [2.75, 3.05) is 0 Å². The van der Waals surface area contributed by atoms with Gasteiger partial charge in [-0.15, -0.1) is 0 Å². The molecule has 16 heavy (non-hydrogen) atoms. The molecule has 0 aliphatic heterocycles. The summed E-state index contributed by atoms with van der Waals surface area (Å²) in [5.74, 6) is 0. The molecule has 0 bridgehead atoms. The van der Waals surface area contributed by atoms with Crippen molar-refractivity contribution in [2.24, 2.45) is 0 Å². The van der Waals surface area contributed by atoms with Crippen molar-refractivity contribution in [2.45, 2.75) is 0 Å². The van der Waals surface area contributed by atoms with Crippen molar-refractivity contribution >= 4 is 33.6 Å². The van der Waals surface area contributed by atoms with Gasteiger partial charge in [-0.05, 0) is 40.3 Å². The predicted octanol–water partition coefficient (Wildman–Crippen LogP) is 4.70. The summed E-state index contributed by atoms with van der Waals surface area (Å²) >= 11 is 2.35. The summed E-state index contributed by atoms with van der Waals surface area (Å²) < 4.78 is 6.80. The van der Waals surface area contributed by atoms with E-state index in [0.29, 0.717) is 0 Å². The molecule has 1 heterocycles. The maximum absolute atomic E-state index is 5.56. The van der Waals surface area contributed by atoms with E-state index in [1.165, 1.54) is 20.1 Å². The Labute approximate surface area is 107 Å². The van der Waals surface area contributed by atoms with Crippen LogP contribution in [0, 0.1) is 3.57 Å². The molecule has 0 unspecified atom stereocenters. The Morgan fingerprint density at radius 2 is 1.56 bits per heavy atom. The zero-order valence-electron chi connectivity index (χ0n) is 8.48. The fraction of sp³-hybridized carbons (Fsp3) is 0. The Balaban J connectivity index is 2.31. The van der Waals surface area contributed by atoms with Gasteiger partial charge in [0, 0.05) is 14.5 Å². The standard InChI is InChI=1S/C14H9IO/c15-13-7-3-1-5-10(13)12-9-16-14-8-4-2-6-11(12)14/h1-9H. The molecule has 0 fully saturated rings. The van der Waals surface area contributed by atoms with Gasteiger partial charge in [0.1, 0.15) is 5.58 Å². The van der Waals surface area contributed by atoms with Crippen molar-refractivity contribution in [1.82, 2.24) is 0 Å². The van der Waals surface area contributed by atoms with Crippen LogP contribution in [0.15, 0.2) is 59.2 Å². The molecule has 78 valence electrons. The SMILES string of the molecule is Ic1ccccc1-c1coc2ccccc12. The number of benzene rings is 2. The largest absolute Gasteiger partial charge is 0.464 e.